The minimum Gasteiger partial charge on any atom is -0.733 e. The Morgan fingerprint density at radius 3 is 2.47 bits per heavy atom. The Morgan fingerprint density at radius 2 is 1.79 bits per heavy atom. The normalized spacial score (nSPS) is 11.2. The molecule has 9 heteroatoms. The summed E-state index contributed by atoms with van der Waals surface area (Å²) in [5, 5.41) is 35.8. The number of carbonyl (C=O) groups is 1. The molecule has 0 amide bonds. The summed E-state index contributed by atoms with van der Waals surface area (Å²) in [6.45, 7) is 3.33. The van der Waals surface area contributed by atoms with Crippen LogP contribution in [0.4, 0.5) is 11.4 Å². The monoisotopic (exact) mass is 464 g/mol. The summed E-state index contributed by atoms with van der Waals surface area (Å²) in [4.78, 5) is 13.0. The number of nitrogens with one attached hydrogen (secondary N) is 1. The third kappa shape index (κ3) is 4.49. The van der Waals surface area contributed by atoms with Gasteiger partial charge in [-0.3, -0.25) is 5.21 Å². The quantitative estimate of drug-likeness (QED) is 0.189. The second-order valence-electron chi connectivity index (χ2n) is 7.82. The molecule has 0 atom stereocenters. The number of hydrogen-bond donors (Lipinski definition) is 3. The van der Waals surface area contributed by atoms with Crippen molar-refractivity contribution in [3.63, 3.8) is 0 Å². The number of nitrogens with zero attached hydrogens (tertiary/aromatic N) is 2. The highest BCUT2D eigenvalue weighted by Crippen LogP contribution is 2.37. The van der Waals surface area contributed by atoms with Crippen LogP contribution in [-0.4, -0.2) is 47.7 Å². The van der Waals surface area contributed by atoms with Gasteiger partial charge >= 0.3 is 5.97 Å². The summed E-state index contributed by atoms with van der Waals surface area (Å²) in [7, 11) is 1.54. The number of aromatic hydroxyl groups is 1. The number of aromatic nitrogens is 1. The van der Waals surface area contributed by atoms with Crippen molar-refractivity contribution in [1.29, 1.82) is 0 Å². The van der Waals surface area contributed by atoms with Crippen LogP contribution in [0.25, 0.3) is 21.7 Å². The minimum atomic E-state index is -0.470. The number of phenolic OH excluding ortho intramolecular Hbond substituents is 1. The van der Waals surface area contributed by atoms with Crippen LogP contribution >= 0.6 is 0 Å². The fourth-order valence-corrected chi connectivity index (χ4v) is 4.17. The Bertz CT molecular complexity index is 1310. The molecule has 0 fully saturated rings. The molecule has 1 aromatic heterocycles. The third-order valence-corrected chi connectivity index (χ3v) is 5.78. The molecule has 9 nitrogen and oxygen atoms in total. The largest absolute Gasteiger partial charge is 0.733 e. The van der Waals surface area contributed by atoms with E-state index < -0.39 is 5.97 Å². The number of ether oxygens (including phenoxy) is 2. The first-order valence-corrected chi connectivity index (χ1v) is 10.8. The molecule has 0 bridgehead atoms. The number of carbonyl (C=O) groups excluding carboxylic acids is 1. The topological polar surface area (TPSA) is 119 Å². The van der Waals surface area contributed by atoms with E-state index in [0.717, 1.165) is 22.3 Å². The van der Waals surface area contributed by atoms with E-state index in [2.05, 4.69) is 5.32 Å². The molecule has 0 spiro atoms. The first-order chi connectivity index (χ1) is 16.4. The van der Waals surface area contributed by atoms with Crippen LogP contribution in [0.3, 0.4) is 0 Å². The van der Waals surface area contributed by atoms with E-state index in [4.69, 9.17) is 14.7 Å². The second kappa shape index (κ2) is 10.0. The molecule has 0 aliphatic rings. The minimum absolute atomic E-state index is 0.0979. The highest BCUT2D eigenvalue weighted by atomic mass is 16.8. The Kier molecular flexibility index (Phi) is 6.87. The molecule has 178 valence electrons. The maximum Gasteiger partial charge on any atom is 0.340 e. The Morgan fingerprint density at radius 1 is 1.09 bits per heavy atom. The lowest BCUT2D eigenvalue weighted by Gasteiger charge is -2.21. The summed E-state index contributed by atoms with van der Waals surface area (Å²) >= 11 is 0. The van der Waals surface area contributed by atoms with Crippen LogP contribution in [0.15, 0.2) is 54.6 Å². The fourth-order valence-electron chi connectivity index (χ4n) is 4.17. The lowest BCUT2D eigenvalue weighted by atomic mass is 10.0. The van der Waals surface area contributed by atoms with Crippen molar-refractivity contribution < 1.29 is 24.6 Å². The zero-order valence-electron chi connectivity index (χ0n) is 18.9. The summed E-state index contributed by atoms with van der Waals surface area (Å²) in [5.74, 6) is -0.372. The number of phenols is 1. The van der Waals surface area contributed by atoms with E-state index in [1.54, 1.807) is 18.2 Å². The summed E-state index contributed by atoms with van der Waals surface area (Å²) < 4.78 is 12.4. The molecule has 4 aromatic rings. The van der Waals surface area contributed by atoms with Gasteiger partial charge in [0.25, 0.3) is 0 Å². The van der Waals surface area contributed by atoms with Crippen LogP contribution in [0.2, 0.25) is 0 Å². The zero-order chi connectivity index (χ0) is 24.2. The Balaban J connectivity index is 1.70. The highest BCUT2D eigenvalue weighted by molar-refractivity contribution is 6.16. The second-order valence-corrected chi connectivity index (χ2v) is 7.82. The number of rotatable bonds is 9. The van der Waals surface area contributed by atoms with Crippen molar-refractivity contribution in [3.8, 4) is 5.75 Å². The van der Waals surface area contributed by atoms with Crippen molar-refractivity contribution in [2.45, 2.75) is 13.5 Å². The SMILES string of the molecule is COCCOC(=O)c1c(C)n(CCNc2ccc(N([O-])O)cc2)c2c1cc(O)c1ccccc12. The van der Waals surface area contributed by atoms with Gasteiger partial charge in [-0.15, -0.1) is 0 Å². The molecule has 0 radical (unpaired) electrons. The van der Waals surface area contributed by atoms with Crippen LogP contribution < -0.4 is 10.5 Å². The average Bonchev–Trinajstić information content (AvgIpc) is 3.11. The first kappa shape index (κ1) is 23.4. The van der Waals surface area contributed by atoms with Gasteiger partial charge in [0, 0.05) is 47.7 Å². The van der Waals surface area contributed by atoms with Gasteiger partial charge < -0.3 is 34.9 Å². The molecule has 3 aromatic carbocycles. The molecule has 0 saturated carbocycles. The molecule has 0 unspecified atom stereocenters. The molecular weight excluding hydrogens is 438 g/mol. The fraction of sp³-hybridized carbons (Fsp3) is 0.240. The van der Waals surface area contributed by atoms with E-state index in [1.807, 2.05) is 35.8 Å². The Labute approximate surface area is 196 Å². The summed E-state index contributed by atoms with van der Waals surface area (Å²) in [6, 6.07) is 15.5. The van der Waals surface area contributed by atoms with Crippen molar-refractivity contribution in [3.05, 3.63) is 71.1 Å². The number of methoxy groups -OCH3 is 1. The molecule has 3 N–H and O–H groups in total. The van der Waals surface area contributed by atoms with Gasteiger partial charge in [-0.1, -0.05) is 24.3 Å². The number of esters is 1. The van der Waals surface area contributed by atoms with Crippen molar-refractivity contribution in [2.24, 2.45) is 0 Å². The molecule has 34 heavy (non-hydrogen) atoms. The van der Waals surface area contributed by atoms with E-state index >= 15 is 0 Å². The summed E-state index contributed by atoms with van der Waals surface area (Å²) in [5.41, 5.74) is 2.90. The van der Waals surface area contributed by atoms with Crippen molar-refractivity contribution >= 4 is 39.0 Å². The Hall–Kier alpha value is -3.79. The van der Waals surface area contributed by atoms with Crippen LogP contribution in [0.1, 0.15) is 16.1 Å². The predicted octanol–water partition coefficient (Wildman–Crippen LogP) is 4.42. The molecular formula is C25H26N3O6-. The lowest BCUT2D eigenvalue weighted by Crippen LogP contribution is -2.14. The number of benzene rings is 3. The van der Waals surface area contributed by atoms with Crippen molar-refractivity contribution in [2.75, 3.05) is 37.4 Å². The van der Waals surface area contributed by atoms with Gasteiger partial charge in [-0.05, 0) is 37.3 Å². The van der Waals surface area contributed by atoms with Crippen LogP contribution in [0.5, 0.6) is 5.75 Å². The highest BCUT2D eigenvalue weighted by Gasteiger charge is 2.23. The molecule has 4 rings (SSSR count). The smallest absolute Gasteiger partial charge is 0.340 e. The van der Waals surface area contributed by atoms with Gasteiger partial charge in [-0.2, -0.15) is 0 Å². The van der Waals surface area contributed by atoms with Crippen LogP contribution in [0, 0.1) is 12.1 Å². The lowest BCUT2D eigenvalue weighted by molar-refractivity contribution is 0.0389. The number of anilines is 2. The maximum atomic E-state index is 13.0. The summed E-state index contributed by atoms with van der Waals surface area (Å²) in [6.07, 6.45) is 0. The molecule has 0 aliphatic carbocycles. The van der Waals surface area contributed by atoms with Gasteiger partial charge in [0.05, 0.1) is 23.4 Å². The van der Waals surface area contributed by atoms with Gasteiger partial charge in [0.2, 0.25) is 0 Å². The number of hydrogen-bond acceptors (Lipinski definition) is 8. The van der Waals surface area contributed by atoms with Crippen LogP contribution in [-0.2, 0) is 16.0 Å². The predicted molar refractivity (Wildman–Crippen MR) is 131 cm³/mol. The van der Waals surface area contributed by atoms with E-state index in [0.29, 0.717) is 36.0 Å². The molecule has 1 heterocycles. The van der Waals surface area contributed by atoms with Gasteiger partial charge in [0.15, 0.2) is 0 Å². The third-order valence-electron chi connectivity index (χ3n) is 5.78. The van der Waals surface area contributed by atoms with E-state index in [-0.39, 0.29) is 23.3 Å². The first-order valence-electron chi connectivity index (χ1n) is 10.8. The van der Waals surface area contributed by atoms with Crippen molar-refractivity contribution in [1.82, 2.24) is 4.57 Å². The molecule has 0 aliphatic heterocycles. The standard InChI is InChI=1S/C25H26N3O6/c1-16-23(25(30)34-14-13-33-2)21-15-22(29)19-5-3-4-6-20(19)24(21)27(16)12-11-26-17-7-9-18(10-8-17)28(31)32/h3-10,15,26,29,31H,11-14H2,1-2H3/q-1. The maximum absolute atomic E-state index is 13.0. The zero-order valence-corrected chi connectivity index (χ0v) is 18.9. The number of fused-ring (bicyclic) bond motifs is 3. The van der Waals surface area contributed by atoms with E-state index in [1.165, 1.54) is 19.2 Å². The van der Waals surface area contributed by atoms with E-state index in [9.17, 15) is 15.1 Å². The van der Waals surface area contributed by atoms with Gasteiger partial charge in [0.1, 0.15) is 12.4 Å². The van der Waals surface area contributed by atoms with Gasteiger partial charge in [-0.25, -0.2) is 4.79 Å². The molecule has 0 saturated heterocycles. The average molecular weight is 464 g/mol.